The first kappa shape index (κ1) is 21.5. The maximum absolute atomic E-state index is 12.5. The Morgan fingerprint density at radius 3 is 2.11 bits per heavy atom. The molecule has 0 atom stereocenters. The molecule has 0 bridgehead atoms. The molecule has 150 valence electrons. The summed E-state index contributed by atoms with van der Waals surface area (Å²) in [5, 5.41) is 0. The summed E-state index contributed by atoms with van der Waals surface area (Å²) in [6, 6.07) is 11.0. The number of ether oxygens (including phenoxy) is 3. The average Bonchev–Trinajstić information content (AvgIpc) is 2.66. The highest BCUT2D eigenvalue weighted by molar-refractivity contribution is 6.07. The van der Waals surface area contributed by atoms with E-state index in [1.807, 2.05) is 32.1 Å². The second kappa shape index (κ2) is 9.45. The lowest BCUT2D eigenvalue weighted by molar-refractivity contribution is 0.104. The minimum Gasteiger partial charge on any atom is -0.497 e. The number of carbonyl (C=O) groups is 1. The van der Waals surface area contributed by atoms with Gasteiger partial charge in [-0.05, 0) is 61.7 Å². The summed E-state index contributed by atoms with van der Waals surface area (Å²) in [5.41, 5.74) is 2.45. The van der Waals surface area contributed by atoms with E-state index in [9.17, 15) is 4.79 Å². The zero-order valence-corrected chi connectivity index (χ0v) is 17.7. The molecule has 0 fully saturated rings. The summed E-state index contributed by atoms with van der Waals surface area (Å²) in [4.78, 5) is 12.5. The van der Waals surface area contributed by atoms with Gasteiger partial charge >= 0.3 is 0 Å². The molecule has 0 aliphatic rings. The minimum atomic E-state index is -0.0994. The molecule has 0 aliphatic carbocycles. The third-order valence-corrected chi connectivity index (χ3v) is 4.31. The fraction of sp³-hybridized carbons (Fsp3) is 0.375. The number of allylic oxidation sites excluding steroid dienone is 1. The van der Waals surface area contributed by atoms with Crippen molar-refractivity contribution < 1.29 is 19.0 Å². The molecular weight excluding hydrogens is 352 g/mol. The number of rotatable bonds is 8. The molecule has 0 unspecified atom stereocenters. The van der Waals surface area contributed by atoms with Crippen LogP contribution in [-0.2, 0) is 5.41 Å². The number of carbonyl (C=O) groups excluding carboxylic acids is 1. The van der Waals surface area contributed by atoms with Crippen LogP contribution in [0.3, 0.4) is 0 Å². The Hall–Kier alpha value is -2.75. The van der Waals surface area contributed by atoms with Crippen molar-refractivity contribution in [1.29, 1.82) is 0 Å². The summed E-state index contributed by atoms with van der Waals surface area (Å²) in [6.45, 7) is 11.4. The molecule has 2 aromatic carbocycles. The zero-order chi connectivity index (χ0) is 20.7. The Bertz CT molecular complexity index is 827. The maximum atomic E-state index is 12.5. The standard InChI is InChI=1S/C24H30O4/c1-7-27-22-16-23(28-8-2)20(24(3,4)5)15-18(22)11-14-21(25)17-9-12-19(26-6)13-10-17/h9-16H,7-8H2,1-6H3/b14-11+. The number of hydrogen-bond donors (Lipinski definition) is 0. The van der Waals surface area contributed by atoms with Gasteiger partial charge in [-0.3, -0.25) is 4.79 Å². The lowest BCUT2D eigenvalue weighted by Gasteiger charge is -2.24. The van der Waals surface area contributed by atoms with E-state index in [0.717, 1.165) is 22.6 Å². The van der Waals surface area contributed by atoms with E-state index < -0.39 is 0 Å². The Labute approximate surface area is 168 Å². The van der Waals surface area contributed by atoms with E-state index in [0.29, 0.717) is 24.5 Å². The molecule has 2 rings (SSSR count). The van der Waals surface area contributed by atoms with Crippen LogP contribution in [0.4, 0.5) is 0 Å². The van der Waals surface area contributed by atoms with Crippen LogP contribution in [0.15, 0.2) is 42.5 Å². The highest BCUT2D eigenvalue weighted by Gasteiger charge is 2.21. The second-order valence-electron chi connectivity index (χ2n) is 7.43. The van der Waals surface area contributed by atoms with E-state index in [1.54, 1.807) is 37.5 Å². The molecule has 0 radical (unpaired) electrons. The van der Waals surface area contributed by atoms with Crippen LogP contribution in [0, 0.1) is 0 Å². The summed E-state index contributed by atoms with van der Waals surface area (Å²) in [6.07, 6.45) is 3.38. The van der Waals surface area contributed by atoms with Gasteiger partial charge in [-0.25, -0.2) is 0 Å². The average molecular weight is 383 g/mol. The van der Waals surface area contributed by atoms with Crippen molar-refractivity contribution in [3.63, 3.8) is 0 Å². The Morgan fingerprint density at radius 2 is 1.57 bits per heavy atom. The van der Waals surface area contributed by atoms with Crippen LogP contribution in [0.5, 0.6) is 17.2 Å². The van der Waals surface area contributed by atoms with Gasteiger partial charge in [-0.1, -0.05) is 20.8 Å². The highest BCUT2D eigenvalue weighted by atomic mass is 16.5. The first-order valence-electron chi connectivity index (χ1n) is 9.60. The molecule has 0 aromatic heterocycles. The first-order valence-corrected chi connectivity index (χ1v) is 9.60. The molecule has 28 heavy (non-hydrogen) atoms. The molecule has 4 heteroatoms. The Balaban J connectivity index is 2.40. The predicted octanol–water partition coefficient (Wildman–Crippen LogP) is 5.69. The summed E-state index contributed by atoms with van der Waals surface area (Å²) >= 11 is 0. The lowest BCUT2D eigenvalue weighted by Crippen LogP contribution is -2.14. The normalized spacial score (nSPS) is 11.5. The number of hydrogen-bond acceptors (Lipinski definition) is 4. The molecule has 2 aromatic rings. The van der Waals surface area contributed by atoms with Gasteiger partial charge in [-0.15, -0.1) is 0 Å². The van der Waals surface area contributed by atoms with Crippen LogP contribution < -0.4 is 14.2 Å². The van der Waals surface area contributed by atoms with Gasteiger partial charge in [0, 0.05) is 22.8 Å². The van der Waals surface area contributed by atoms with Gasteiger partial charge in [0.05, 0.1) is 20.3 Å². The Morgan fingerprint density at radius 1 is 0.964 bits per heavy atom. The largest absolute Gasteiger partial charge is 0.497 e. The Kier molecular flexibility index (Phi) is 7.27. The molecular formula is C24H30O4. The fourth-order valence-electron chi connectivity index (χ4n) is 2.87. The second-order valence-corrected chi connectivity index (χ2v) is 7.43. The first-order chi connectivity index (χ1) is 13.3. The van der Waals surface area contributed by atoms with E-state index in [4.69, 9.17) is 14.2 Å². The maximum Gasteiger partial charge on any atom is 0.185 e. The molecule has 0 amide bonds. The third-order valence-electron chi connectivity index (χ3n) is 4.31. The van der Waals surface area contributed by atoms with Gasteiger partial charge in [-0.2, -0.15) is 0 Å². The van der Waals surface area contributed by atoms with Crippen LogP contribution in [0.2, 0.25) is 0 Å². The minimum absolute atomic E-state index is 0.0729. The smallest absolute Gasteiger partial charge is 0.185 e. The predicted molar refractivity (Wildman–Crippen MR) is 114 cm³/mol. The van der Waals surface area contributed by atoms with Crippen molar-refractivity contribution in [3.8, 4) is 17.2 Å². The monoisotopic (exact) mass is 382 g/mol. The van der Waals surface area contributed by atoms with Crippen molar-refractivity contribution in [3.05, 3.63) is 59.2 Å². The van der Waals surface area contributed by atoms with Crippen LogP contribution >= 0.6 is 0 Å². The van der Waals surface area contributed by atoms with Crippen LogP contribution in [-0.4, -0.2) is 26.1 Å². The summed E-state index contributed by atoms with van der Waals surface area (Å²) in [7, 11) is 1.60. The topological polar surface area (TPSA) is 44.8 Å². The van der Waals surface area contributed by atoms with Gasteiger partial charge in [0.1, 0.15) is 17.2 Å². The van der Waals surface area contributed by atoms with Crippen molar-refractivity contribution >= 4 is 11.9 Å². The molecule has 0 heterocycles. The van der Waals surface area contributed by atoms with Gasteiger partial charge in [0.2, 0.25) is 0 Å². The van der Waals surface area contributed by atoms with Gasteiger partial charge in [0.25, 0.3) is 0 Å². The van der Waals surface area contributed by atoms with Crippen molar-refractivity contribution in [2.45, 2.75) is 40.0 Å². The molecule has 4 nitrogen and oxygen atoms in total. The zero-order valence-electron chi connectivity index (χ0n) is 17.7. The molecule has 0 spiro atoms. The van der Waals surface area contributed by atoms with Crippen LogP contribution in [0.1, 0.15) is 56.1 Å². The lowest BCUT2D eigenvalue weighted by atomic mass is 9.85. The molecule has 0 saturated carbocycles. The highest BCUT2D eigenvalue weighted by Crippen LogP contribution is 2.37. The van der Waals surface area contributed by atoms with E-state index in [2.05, 4.69) is 20.8 Å². The van der Waals surface area contributed by atoms with E-state index in [-0.39, 0.29) is 11.2 Å². The van der Waals surface area contributed by atoms with Crippen molar-refractivity contribution in [2.75, 3.05) is 20.3 Å². The molecule has 0 N–H and O–H groups in total. The van der Waals surface area contributed by atoms with E-state index >= 15 is 0 Å². The number of ketones is 1. The molecule has 0 saturated heterocycles. The van der Waals surface area contributed by atoms with Gasteiger partial charge in [0.15, 0.2) is 5.78 Å². The molecule has 0 aliphatic heterocycles. The summed E-state index contributed by atoms with van der Waals surface area (Å²) < 4.78 is 16.8. The fourth-order valence-corrected chi connectivity index (χ4v) is 2.87. The number of methoxy groups -OCH3 is 1. The van der Waals surface area contributed by atoms with Crippen molar-refractivity contribution in [1.82, 2.24) is 0 Å². The third kappa shape index (κ3) is 5.38. The van der Waals surface area contributed by atoms with E-state index in [1.165, 1.54) is 0 Å². The van der Waals surface area contributed by atoms with Crippen LogP contribution in [0.25, 0.3) is 6.08 Å². The van der Waals surface area contributed by atoms with Crippen molar-refractivity contribution in [2.24, 2.45) is 0 Å². The number of benzene rings is 2. The summed E-state index contributed by atoms with van der Waals surface area (Å²) in [5.74, 6) is 2.17. The quantitative estimate of drug-likeness (QED) is 0.435. The SMILES string of the molecule is CCOc1cc(OCC)c(C(C)(C)C)cc1/C=C/C(=O)c1ccc(OC)cc1. The van der Waals surface area contributed by atoms with Gasteiger partial charge < -0.3 is 14.2 Å².